The zero-order chi connectivity index (χ0) is 19.8. The van der Waals surface area contributed by atoms with Gasteiger partial charge in [0.1, 0.15) is 11.5 Å². The fourth-order valence-corrected chi connectivity index (χ4v) is 2.39. The maximum atomic E-state index is 12.1. The molecule has 1 atom stereocenters. The number of ether oxygens (including phenoxy) is 3. The Morgan fingerprint density at radius 3 is 2.52 bits per heavy atom. The fraction of sp³-hybridized carbons (Fsp3) is 0.300. The summed E-state index contributed by atoms with van der Waals surface area (Å²) < 4.78 is 15.5. The van der Waals surface area contributed by atoms with Crippen molar-refractivity contribution in [3.8, 4) is 11.5 Å². The van der Waals surface area contributed by atoms with Crippen LogP contribution in [0.15, 0.2) is 42.5 Å². The molecular weight excluding hydrogens is 370 g/mol. The molecule has 0 bridgehead atoms. The van der Waals surface area contributed by atoms with Crippen LogP contribution in [0, 0.1) is 6.92 Å². The van der Waals surface area contributed by atoms with Gasteiger partial charge in [0.25, 0.3) is 5.91 Å². The molecule has 0 fully saturated rings. The lowest BCUT2D eigenvalue weighted by Crippen LogP contribution is -2.36. The standard InChI is InChI=1S/C20H22ClNO5/c1-13-4-9-17(21)18(10-13)26-12-19(23)27-14(2)20(24)22-11-15-5-7-16(25-3)8-6-15/h4-10,14H,11-12H2,1-3H3,(H,22,24)/t14-/m0/s1. The number of carbonyl (C=O) groups is 2. The van der Waals surface area contributed by atoms with Crippen molar-refractivity contribution in [1.82, 2.24) is 5.32 Å². The van der Waals surface area contributed by atoms with E-state index < -0.39 is 18.0 Å². The summed E-state index contributed by atoms with van der Waals surface area (Å²) in [5.74, 6) is 0.0822. The van der Waals surface area contributed by atoms with Crippen molar-refractivity contribution < 1.29 is 23.8 Å². The maximum absolute atomic E-state index is 12.1. The predicted octanol–water partition coefficient (Wildman–Crippen LogP) is 3.28. The van der Waals surface area contributed by atoms with Gasteiger partial charge in [-0.05, 0) is 49.2 Å². The predicted molar refractivity (Wildman–Crippen MR) is 102 cm³/mol. The van der Waals surface area contributed by atoms with Crippen LogP contribution < -0.4 is 14.8 Å². The molecule has 2 rings (SSSR count). The van der Waals surface area contributed by atoms with Gasteiger partial charge in [0.05, 0.1) is 12.1 Å². The number of esters is 1. The Labute approximate surface area is 163 Å². The van der Waals surface area contributed by atoms with Crippen molar-refractivity contribution in [1.29, 1.82) is 0 Å². The Kier molecular flexibility index (Phi) is 7.49. The third-order valence-electron chi connectivity index (χ3n) is 3.74. The van der Waals surface area contributed by atoms with Gasteiger partial charge in [0, 0.05) is 6.54 Å². The summed E-state index contributed by atoms with van der Waals surface area (Å²) in [6.45, 7) is 3.37. The number of benzene rings is 2. The summed E-state index contributed by atoms with van der Waals surface area (Å²) in [6, 6.07) is 12.5. The third kappa shape index (κ3) is 6.49. The monoisotopic (exact) mass is 391 g/mol. The van der Waals surface area contributed by atoms with Gasteiger partial charge in [-0.1, -0.05) is 29.8 Å². The SMILES string of the molecule is COc1ccc(CNC(=O)[C@H](C)OC(=O)COc2cc(C)ccc2Cl)cc1. The quantitative estimate of drug-likeness (QED) is 0.699. The first kappa shape index (κ1) is 20.6. The van der Waals surface area contributed by atoms with Crippen LogP contribution in [-0.2, 0) is 20.9 Å². The minimum atomic E-state index is -0.938. The number of methoxy groups -OCH3 is 1. The molecule has 1 N–H and O–H groups in total. The van der Waals surface area contributed by atoms with Crippen molar-refractivity contribution in [3.63, 3.8) is 0 Å². The number of hydrogen-bond donors (Lipinski definition) is 1. The topological polar surface area (TPSA) is 73.9 Å². The van der Waals surface area contributed by atoms with Gasteiger partial charge in [0.2, 0.25) is 0 Å². The minimum Gasteiger partial charge on any atom is -0.497 e. The van der Waals surface area contributed by atoms with Crippen molar-refractivity contribution in [2.75, 3.05) is 13.7 Å². The number of aryl methyl sites for hydroxylation is 1. The largest absolute Gasteiger partial charge is 0.497 e. The summed E-state index contributed by atoms with van der Waals surface area (Å²) >= 11 is 6.01. The summed E-state index contributed by atoms with van der Waals surface area (Å²) in [5, 5.41) is 3.11. The second kappa shape index (κ2) is 9.83. The van der Waals surface area contributed by atoms with E-state index in [2.05, 4.69) is 5.32 Å². The van der Waals surface area contributed by atoms with E-state index in [-0.39, 0.29) is 6.61 Å². The van der Waals surface area contributed by atoms with Crippen LogP contribution in [0.5, 0.6) is 11.5 Å². The molecule has 144 valence electrons. The molecule has 2 aromatic rings. The summed E-state index contributed by atoms with van der Waals surface area (Å²) in [6.07, 6.45) is -0.938. The average Bonchev–Trinajstić information content (AvgIpc) is 2.67. The highest BCUT2D eigenvalue weighted by atomic mass is 35.5. The van der Waals surface area contributed by atoms with Crippen molar-refractivity contribution in [2.24, 2.45) is 0 Å². The van der Waals surface area contributed by atoms with Gasteiger partial charge in [-0.2, -0.15) is 0 Å². The van der Waals surface area contributed by atoms with Gasteiger partial charge in [-0.25, -0.2) is 4.79 Å². The van der Waals surface area contributed by atoms with Gasteiger partial charge in [-0.3, -0.25) is 4.79 Å². The molecular formula is C20H22ClNO5. The van der Waals surface area contributed by atoms with Crippen molar-refractivity contribution in [3.05, 3.63) is 58.6 Å². The van der Waals surface area contributed by atoms with E-state index in [1.54, 1.807) is 31.4 Å². The molecule has 0 aliphatic rings. The Bertz CT molecular complexity index is 791. The maximum Gasteiger partial charge on any atom is 0.344 e. The number of amides is 1. The molecule has 27 heavy (non-hydrogen) atoms. The molecule has 0 aliphatic heterocycles. The fourth-order valence-electron chi connectivity index (χ4n) is 2.22. The smallest absolute Gasteiger partial charge is 0.344 e. The molecule has 0 saturated carbocycles. The Morgan fingerprint density at radius 1 is 1.15 bits per heavy atom. The summed E-state index contributed by atoms with van der Waals surface area (Å²) in [5.41, 5.74) is 1.86. The van der Waals surface area contributed by atoms with Crippen molar-refractivity contribution >= 4 is 23.5 Å². The summed E-state index contributed by atoms with van der Waals surface area (Å²) in [7, 11) is 1.59. The lowest BCUT2D eigenvalue weighted by atomic mass is 10.2. The van der Waals surface area contributed by atoms with E-state index in [0.29, 0.717) is 17.3 Å². The highest BCUT2D eigenvalue weighted by Gasteiger charge is 2.18. The normalized spacial score (nSPS) is 11.4. The van der Waals surface area contributed by atoms with Gasteiger partial charge in [-0.15, -0.1) is 0 Å². The Balaban J connectivity index is 1.77. The van der Waals surface area contributed by atoms with Crippen LogP contribution in [0.4, 0.5) is 0 Å². The molecule has 7 heteroatoms. The van der Waals surface area contributed by atoms with E-state index in [0.717, 1.165) is 16.9 Å². The Hall–Kier alpha value is -2.73. The van der Waals surface area contributed by atoms with E-state index in [1.807, 2.05) is 25.1 Å². The molecule has 0 radical (unpaired) electrons. The number of rotatable bonds is 8. The molecule has 0 aromatic heterocycles. The molecule has 0 unspecified atom stereocenters. The lowest BCUT2D eigenvalue weighted by Gasteiger charge is -2.14. The summed E-state index contributed by atoms with van der Waals surface area (Å²) in [4.78, 5) is 24.0. The van der Waals surface area contributed by atoms with Crippen LogP contribution in [0.3, 0.4) is 0 Å². The zero-order valence-corrected chi connectivity index (χ0v) is 16.2. The second-order valence-corrected chi connectivity index (χ2v) is 6.33. The van der Waals surface area contributed by atoms with E-state index >= 15 is 0 Å². The number of hydrogen-bond acceptors (Lipinski definition) is 5. The van der Waals surface area contributed by atoms with Crippen LogP contribution in [0.2, 0.25) is 5.02 Å². The van der Waals surface area contributed by atoms with Crippen LogP contribution in [0.25, 0.3) is 0 Å². The Morgan fingerprint density at radius 2 is 1.85 bits per heavy atom. The first-order valence-corrected chi connectivity index (χ1v) is 8.76. The van der Waals surface area contributed by atoms with Gasteiger partial charge < -0.3 is 19.5 Å². The molecule has 6 nitrogen and oxygen atoms in total. The number of carbonyl (C=O) groups excluding carboxylic acids is 2. The number of halogens is 1. The van der Waals surface area contributed by atoms with Gasteiger partial charge >= 0.3 is 5.97 Å². The highest BCUT2D eigenvalue weighted by Crippen LogP contribution is 2.25. The first-order chi connectivity index (χ1) is 12.9. The molecule has 0 aliphatic carbocycles. The molecule has 2 aromatic carbocycles. The average molecular weight is 392 g/mol. The van der Waals surface area contributed by atoms with Gasteiger partial charge in [0.15, 0.2) is 12.7 Å². The molecule has 0 heterocycles. The molecule has 1 amide bonds. The van der Waals surface area contributed by atoms with Crippen LogP contribution in [-0.4, -0.2) is 31.7 Å². The van der Waals surface area contributed by atoms with Crippen LogP contribution in [0.1, 0.15) is 18.1 Å². The van der Waals surface area contributed by atoms with E-state index in [1.165, 1.54) is 6.92 Å². The van der Waals surface area contributed by atoms with E-state index in [4.69, 9.17) is 25.8 Å². The highest BCUT2D eigenvalue weighted by molar-refractivity contribution is 6.32. The lowest BCUT2D eigenvalue weighted by molar-refractivity contribution is -0.156. The molecule has 0 spiro atoms. The van der Waals surface area contributed by atoms with Crippen LogP contribution >= 0.6 is 11.6 Å². The second-order valence-electron chi connectivity index (χ2n) is 5.92. The minimum absolute atomic E-state index is 0.320. The zero-order valence-electron chi connectivity index (χ0n) is 15.5. The van der Waals surface area contributed by atoms with Crippen molar-refractivity contribution in [2.45, 2.75) is 26.5 Å². The first-order valence-electron chi connectivity index (χ1n) is 8.38. The van der Waals surface area contributed by atoms with E-state index in [9.17, 15) is 9.59 Å². The number of nitrogens with one attached hydrogen (secondary N) is 1. The molecule has 0 saturated heterocycles. The third-order valence-corrected chi connectivity index (χ3v) is 4.05.